The van der Waals surface area contributed by atoms with Gasteiger partial charge in [-0.25, -0.2) is 0 Å². The van der Waals surface area contributed by atoms with Gasteiger partial charge in [-0.15, -0.1) is 11.8 Å². The molecular weight excluding hydrogens is 301 g/mol. The summed E-state index contributed by atoms with van der Waals surface area (Å²) in [6.45, 7) is 2.49. The van der Waals surface area contributed by atoms with Crippen molar-refractivity contribution in [2.24, 2.45) is 0 Å². The minimum Gasteiger partial charge on any atom is -0.335 e. The molecule has 0 N–H and O–H groups in total. The summed E-state index contributed by atoms with van der Waals surface area (Å²) in [4.78, 5) is 13.8. The molecule has 102 valence electrons. The first kappa shape index (κ1) is 14.8. The fourth-order valence-corrected chi connectivity index (χ4v) is 3.69. The molecule has 0 aromatic heterocycles. The van der Waals surface area contributed by atoms with E-state index in [1.807, 2.05) is 18.4 Å². The molecule has 19 heavy (non-hydrogen) atoms. The molecule has 1 aromatic rings. The van der Waals surface area contributed by atoms with Crippen molar-refractivity contribution < 1.29 is 4.79 Å². The van der Waals surface area contributed by atoms with Gasteiger partial charge in [-0.2, -0.15) is 0 Å². The molecule has 0 saturated heterocycles. The van der Waals surface area contributed by atoms with Gasteiger partial charge in [0, 0.05) is 17.1 Å². The Labute approximate surface area is 127 Å². The fraction of sp³-hybridized carbons (Fsp3) is 0.357. The lowest BCUT2D eigenvalue weighted by atomic mass is 10.0. The first-order valence-corrected chi connectivity index (χ1v) is 8.03. The lowest BCUT2D eigenvalue weighted by molar-refractivity contribution is -0.113. The van der Waals surface area contributed by atoms with Crippen molar-refractivity contribution in [2.45, 2.75) is 19.8 Å². The number of hydrogen-bond donors (Lipinski definition) is 0. The maximum atomic E-state index is 11.7. The quantitative estimate of drug-likeness (QED) is 0.802. The van der Waals surface area contributed by atoms with E-state index in [4.69, 9.17) is 23.2 Å². The molecule has 0 saturated carbocycles. The number of anilines is 1. The van der Waals surface area contributed by atoms with E-state index in [1.54, 1.807) is 24.8 Å². The van der Waals surface area contributed by atoms with Gasteiger partial charge < -0.3 is 4.90 Å². The van der Waals surface area contributed by atoms with Crippen molar-refractivity contribution in [3.8, 4) is 0 Å². The predicted molar refractivity (Wildman–Crippen MR) is 84.3 cm³/mol. The van der Waals surface area contributed by atoms with Gasteiger partial charge in [0.05, 0.1) is 15.7 Å². The normalized spacial score (nSPS) is 15.9. The molecule has 1 aliphatic rings. The number of allylic oxidation sites excluding steroid dienone is 1. The van der Waals surface area contributed by atoms with E-state index < -0.39 is 0 Å². The van der Waals surface area contributed by atoms with Crippen molar-refractivity contribution in [1.82, 2.24) is 0 Å². The molecule has 2 rings (SSSR count). The minimum atomic E-state index is 0.138. The number of rotatable bonds is 3. The number of carbonyl (C=O) groups excluding carboxylic acids is 1. The van der Waals surface area contributed by atoms with Crippen LogP contribution in [0.2, 0.25) is 10.0 Å². The van der Waals surface area contributed by atoms with E-state index in [0.29, 0.717) is 10.0 Å². The molecule has 0 aliphatic carbocycles. The first-order chi connectivity index (χ1) is 9.04. The number of thioether (sulfide) groups is 1. The zero-order valence-corrected chi connectivity index (χ0v) is 13.2. The molecule has 0 amide bonds. The zero-order chi connectivity index (χ0) is 14.0. The van der Waals surface area contributed by atoms with Crippen LogP contribution in [0.4, 0.5) is 5.69 Å². The van der Waals surface area contributed by atoms with Crippen LogP contribution >= 0.6 is 35.0 Å². The molecule has 2 nitrogen and oxygen atoms in total. The lowest BCUT2D eigenvalue weighted by Gasteiger charge is -2.32. The molecular formula is C14H15Cl2NOS. The van der Waals surface area contributed by atoms with Crippen molar-refractivity contribution >= 4 is 46.4 Å². The van der Waals surface area contributed by atoms with Gasteiger partial charge in [0.1, 0.15) is 0 Å². The highest BCUT2D eigenvalue weighted by Gasteiger charge is 2.24. The summed E-state index contributed by atoms with van der Waals surface area (Å²) < 4.78 is 0. The van der Waals surface area contributed by atoms with E-state index in [0.717, 1.165) is 35.7 Å². The Hall–Kier alpha value is -0.640. The van der Waals surface area contributed by atoms with Crippen LogP contribution in [0.3, 0.4) is 0 Å². The molecule has 1 aliphatic heterocycles. The number of ketones is 1. The summed E-state index contributed by atoms with van der Waals surface area (Å²) in [5.74, 6) is 0.138. The Bertz CT molecular complexity index is 542. The van der Waals surface area contributed by atoms with Gasteiger partial charge in [-0.05, 0) is 44.2 Å². The summed E-state index contributed by atoms with van der Waals surface area (Å²) in [6.07, 6.45) is 3.78. The second-order valence-corrected chi connectivity index (χ2v) is 6.03. The lowest BCUT2D eigenvalue weighted by Crippen LogP contribution is -2.29. The van der Waals surface area contributed by atoms with E-state index in [2.05, 4.69) is 4.90 Å². The van der Waals surface area contributed by atoms with E-state index in [-0.39, 0.29) is 5.78 Å². The largest absolute Gasteiger partial charge is 0.335 e. The van der Waals surface area contributed by atoms with Gasteiger partial charge in [-0.1, -0.05) is 23.2 Å². The van der Waals surface area contributed by atoms with Crippen LogP contribution in [0.5, 0.6) is 0 Å². The molecule has 0 fully saturated rings. The highest BCUT2D eigenvalue weighted by atomic mass is 35.5. The van der Waals surface area contributed by atoms with Crippen molar-refractivity contribution in [1.29, 1.82) is 0 Å². The van der Waals surface area contributed by atoms with Crippen LogP contribution < -0.4 is 4.90 Å². The number of carbonyl (C=O) groups is 1. The monoisotopic (exact) mass is 315 g/mol. The maximum absolute atomic E-state index is 11.7. The smallest absolute Gasteiger partial charge is 0.158 e. The molecule has 5 heteroatoms. The predicted octanol–water partition coefficient (Wildman–Crippen LogP) is 4.76. The number of halogens is 2. The Morgan fingerprint density at radius 1 is 1.37 bits per heavy atom. The minimum absolute atomic E-state index is 0.138. The van der Waals surface area contributed by atoms with E-state index >= 15 is 0 Å². The first-order valence-electron chi connectivity index (χ1n) is 6.05. The molecule has 0 bridgehead atoms. The summed E-state index contributed by atoms with van der Waals surface area (Å²) >= 11 is 13.8. The summed E-state index contributed by atoms with van der Waals surface area (Å²) in [5, 5.41) is 2.24. The SMILES string of the molecule is CSC1=C(C(C)=O)CCCN1c1ccc(Cl)cc1Cl. The van der Waals surface area contributed by atoms with Gasteiger partial charge in [0.15, 0.2) is 5.78 Å². The van der Waals surface area contributed by atoms with Gasteiger partial charge in [-0.3, -0.25) is 4.79 Å². The maximum Gasteiger partial charge on any atom is 0.158 e. The van der Waals surface area contributed by atoms with Crippen LogP contribution in [0.1, 0.15) is 19.8 Å². The Kier molecular flexibility index (Phi) is 4.82. The molecule has 0 spiro atoms. The number of nitrogens with zero attached hydrogens (tertiary/aromatic N) is 1. The Morgan fingerprint density at radius 2 is 2.11 bits per heavy atom. The standard InChI is InChI=1S/C14H15Cl2NOS/c1-9(18)11-4-3-7-17(14(11)19-2)13-6-5-10(15)8-12(13)16/h5-6,8H,3-4,7H2,1-2H3. The van der Waals surface area contributed by atoms with Crippen LogP contribution in [-0.4, -0.2) is 18.6 Å². The molecule has 0 atom stereocenters. The average Bonchev–Trinajstić information content (AvgIpc) is 2.37. The molecule has 0 radical (unpaired) electrons. The number of Topliss-reactive ketones (excluding diaryl/α,β-unsaturated/α-hetero) is 1. The second kappa shape index (κ2) is 6.21. The average molecular weight is 316 g/mol. The Balaban J connectivity index is 2.48. The van der Waals surface area contributed by atoms with Crippen LogP contribution in [0.25, 0.3) is 0 Å². The second-order valence-electron chi connectivity index (χ2n) is 4.39. The molecule has 1 aromatic carbocycles. The summed E-state index contributed by atoms with van der Waals surface area (Å²) in [5.41, 5.74) is 1.80. The third-order valence-corrected chi connectivity index (χ3v) is 4.52. The van der Waals surface area contributed by atoms with Crippen LogP contribution in [-0.2, 0) is 4.79 Å². The van der Waals surface area contributed by atoms with Gasteiger partial charge >= 0.3 is 0 Å². The van der Waals surface area contributed by atoms with E-state index in [1.165, 1.54) is 0 Å². The van der Waals surface area contributed by atoms with Gasteiger partial charge in [0.25, 0.3) is 0 Å². The highest BCUT2D eigenvalue weighted by molar-refractivity contribution is 8.02. The highest BCUT2D eigenvalue weighted by Crippen LogP contribution is 2.38. The summed E-state index contributed by atoms with van der Waals surface area (Å²) in [6, 6.07) is 5.46. The third-order valence-electron chi connectivity index (χ3n) is 3.13. The molecule has 0 unspecified atom stereocenters. The van der Waals surface area contributed by atoms with Crippen LogP contribution in [0, 0.1) is 0 Å². The number of hydrogen-bond acceptors (Lipinski definition) is 3. The fourth-order valence-electron chi connectivity index (χ4n) is 2.28. The third kappa shape index (κ3) is 3.10. The topological polar surface area (TPSA) is 20.3 Å². The zero-order valence-electron chi connectivity index (χ0n) is 10.9. The molecule has 1 heterocycles. The van der Waals surface area contributed by atoms with Crippen molar-refractivity contribution in [3.63, 3.8) is 0 Å². The van der Waals surface area contributed by atoms with E-state index in [9.17, 15) is 4.79 Å². The van der Waals surface area contributed by atoms with Gasteiger partial charge in [0.2, 0.25) is 0 Å². The van der Waals surface area contributed by atoms with Crippen molar-refractivity contribution in [2.75, 3.05) is 17.7 Å². The number of benzene rings is 1. The summed E-state index contributed by atoms with van der Waals surface area (Å²) in [7, 11) is 0. The van der Waals surface area contributed by atoms with Crippen LogP contribution in [0.15, 0.2) is 28.8 Å². The Morgan fingerprint density at radius 3 is 2.68 bits per heavy atom. The van der Waals surface area contributed by atoms with Crippen molar-refractivity contribution in [3.05, 3.63) is 38.8 Å².